The summed E-state index contributed by atoms with van der Waals surface area (Å²) in [6.45, 7) is 0. The third kappa shape index (κ3) is 5.84. The lowest BCUT2D eigenvalue weighted by Crippen LogP contribution is -2.20. The molecule has 0 radical (unpaired) electrons. The number of ether oxygens (including phenoxy) is 3. The van der Waals surface area contributed by atoms with Crippen molar-refractivity contribution in [2.75, 3.05) is 27.1 Å². The molecular weight excluding hydrogens is 478 g/mol. The minimum absolute atomic E-state index is 0.0974. The Balaban J connectivity index is 1.53. The minimum atomic E-state index is -0.276. The van der Waals surface area contributed by atoms with Crippen LogP contribution in [0, 0.1) is 0 Å². The van der Waals surface area contributed by atoms with Crippen molar-refractivity contribution < 1.29 is 19.0 Å². The van der Waals surface area contributed by atoms with Crippen LogP contribution in [0.1, 0.15) is 5.56 Å². The fourth-order valence-corrected chi connectivity index (χ4v) is 4.11. The average molecular weight is 504 g/mol. The van der Waals surface area contributed by atoms with E-state index in [-0.39, 0.29) is 11.7 Å². The number of hydrazone groups is 1. The maximum atomic E-state index is 12.5. The zero-order valence-electron chi connectivity index (χ0n) is 20.0. The number of hydrogen-bond acceptors (Lipinski definition) is 8. The highest BCUT2D eigenvalue weighted by Crippen LogP contribution is 2.29. The maximum absolute atomic E-state index is 12.5. The van der Waals surface area contributed by atoms with Crippen LogP contribution in [-0.4, -0.2) is 54.0 Å². The van der Waals surface area contributed by atoms with Crippen molar-refractivity contribution in [2.45, 2.75) is 5.16 Å². The van der Waals surface area contributed by atoms with E-state index < -0.39 is 0 Å². The first kappa shape index (κ1) is 24.8. The van der Waals surface area contributed by atoms with Crippen molar-refractivity contribution in [3.05, 3.63) is 78.4 Å². The molecule has 9 nitrogen and oxygen atoms in total. The molecule has 4 rings (SSSR count). The first-order valence-corrected chi connectivity index (χ1v) is 11.9. The van der Waals surface area contributed by atoms with Crippen molar-refractivity contribution in [2.24, 2.45) is 5.10 Å². The summed E-state index contributed by atoms with van der Waals surface area (Å²) in [5.41, 5.74) is 5.00. The van der Waals surface area contributed by atoms with E-state index >= 15 is 0 Å². The lowest BCUT2D eigenvalue weighted by atomic mass is 10.2. The van der Waals surface area contributed by atoms with E-state index in [4.69, 9.17) is 14.2 Å². The van der Waals surface area contributed by atoms with E-state index in [0.717, 1.165) is 28.3 Å². The van der Waals surface area contributed by atoms with Gasteiger partial charge in [-0.2, -0.15) is 5.10 Å². The number of para-hydroxylation sites is 1. The molecule has 10 heteroatoms. The first-order chi connectivity index (χ1) is 17.6. The molecule has 1 amide bonds. The van der Waals surface area contributed by atoms with Crippen LogP contribution in [0.5, 0.6) is 17.2 Å². The highest BCUT2D eigenvalue weighted by Gasteiger charge is 2.17. The number of nitrogens with one attached hydrogen (secondary N) is 1. The van der Waals surface area contributed by atoms with Gasteiger partial charge in [-0.15, -0.1) is 10.2 Å². The van der Waals surface area contributed by atoms with Crippen LogP contribution in [0.4, 0.5) is 0 Å². The van der Waals surface area contributed by atoms with E-state index in [1.165, 1.54) is 11.8 Å². The third-order valence-electron chi connectivity index (χ3n) is 5.18. The van der Waals surface area contributed by atoms with E-state index in [2.05, 4.69) is 20.7 Å². The van der Waals surface area contributed by atoms with Gasteiger partial charge in [-0.05, 0) is 60.7 Å². The van der Waals surface area contributed by atoms with Crippen LogP contribution in [-0.2, 0) is 4.79 Å². The third-order valence-corrected chi connectivity index (χ3v) is 6.11. The van der Waals surface area contributed by atoms with Crippen molar-refractivity contribution in [1.29, 1.82) is 0 Å². The molecule has 0 aliphatic rings. The van der Waals surface area contributed by atoms with Gasteiger partial charge in [0.2, 0.25) is 0 Å². The topological polar surface area (TPSA) is 99.9 Å². The number of rotatable bonds is 10. The summed E-state index contributed by atoms with van der Waals surface area (Å²) >= 11 is 1.26. The van der Waals surface area contributed by atoms with Gasteiger partial charge in [0.15, 0.2) is 11.0 Å². The molecule has 3 aromatic carbocycles. The second-order valence-corrected chi connectivity index (χ2v) is 8.33. The summed E-state index contributed by atoms with van der Waals surface area (Å²) < 4.78 is 17.7. The minimum Gasteiger partial charge on any atom is -0.497 e. The Kier molecular flexibility index (Phi) is 8.20. The molecule has 0 unspecified atom stereocenters. The van der Waals surface area contributed by atoms with Gasteiger partial charge in [0.25, 0.3) is 5.91 Å². The molecule has 0 aliphatic carbocycles. The molecule has 0 saturated heterocycles. The van der Waals surface area contributed by atoms with Gasteiger partial charge < -0.3 is 14.2 Å². The Labute approximate surface area is 213 Å². The number of aromatic nitrogens is 3. The van der Waals surface area contributed by atoms with E-state index in [0.29, 0.717) is 16.7 Å². The fourth-order valence-electron chi connectivity index (χ4n) is 3.36. The number of methoxy groups -OCH3 is 3. The molecule has 0 bridgehead atoms. The molecule has 184 valence electrons. The molecule has 1 N–H and O–H groups in total. The van der Waals surface area contributed by atoms with E-state index in [1.54, 1.807) is 27.5 Å². The SMILES string of the molecule is COc1ccc(-c2nnc(SCC(=O)N/N=C/c3ccccc3OC)n2-c2ccc(OC)cc2)cc1. The molecule has 36 heavy (non-hydrogen) atoms. The van der Waals surface area contributed by atoms with Gasteiger partial charge in [0.05, 0.1) is 33.3 Å². The standard InChI is InChI=1S/C26H25N5O4S/c1-33-21-12-8-18(9-13-21)25-29-30-26(31(25)20-10-14-22(34-2)15-11-20)36-17-24(32)28-27-16-19-6-4-5-7-23(19)35-3/h4-16H,17H2,1-3H3,(H,28,32)/b27-16+. The predicted molar refractivity (Wildman–Crippen MR) is 139 cm³/mol. The van der Waals surface area contributed by atoms with Crippen LogP contribution in [0.2, 0.25) is 0 Å². The molecule has 1 aromatic heterocycles. The monoisotopic (exact) mass is 503 g/mol. The Bertz CT molecular complexity index is 1340. The van der Waals surface area contributed by atoms with Gasteiger partial charge in [-0.1, -0.05) is 23.9 Å². The van der Waals surface area contributed by atoms with Gasteiger partial charge in [-0.3, -0.25) is 9.36 Å². The highest BCUT2D eigenvalue weighted by atomic mass is 32.2. The van der Waals surface area contributed by atoms with E-state index in [1.807, 2.05) is 77.4 Å². The van der Waals surface area contributed by atoms with Crippen LogP contribution >= 0.6 is 11.8 Å². The highest BCUT2D eigenvalue weighted by molar-refractivity contribution is 7.99. The summed E-state index contributed by atoms with van der Waals surface area (Å²) in [6.07, 6.45) is 1.54. The predicted octanol–water partition coefficient (Wildman–Crippen LogP) is 4.20. The largest absolute Gasteiger partial charge is 0.497 e. The summed E-state index contributed by atoms with van der Waals surface area (Å²) in [5.74, 6) is 2.61. The second-order valence-electron chi connectivity index (χ2n) is 7.39. The lowest BCUT2D eigenvalue weighted by Gasteiger charge is -2.11. The molecule has 4 aromatic rings. The molecule has 1 heterocycles. The average Bonchev–Trinajstić information content (AvgIpc) is 3.36. The van der Waals surface area contributed by atoms with Crippen LogP contribution < -0.4 is 19.6 Å². The van der Waals surface area contributed by atoms with Gasteiger partial charge in [0, 0.05) is 16.8 Å². The summed E-state index contributed by atoms with van der Waals surface area (Å²) in [4.78, 5) is 12.5. The molecule has 0 saturated carbocycles. The fraction of sp³-hybridized carbons (Fsp3) is 0.154. The van der Waals surface area contributed by atoms with Crippen molar-refractivity contribution in [3.8, 4) is 34.3 Å². The quantitative estimate of drug-likeness (QED) is 0.197. The molecule has 0 atom stereocenters. The second kappa shape index (κ2) is 11.9. The Hall–Kier alpha value is -4.31. The normalized spacial score (nSPS) is 10.9. The molecule has 0 spiro atoms. The summed E-state index contributed by atoms with van der Waals surface area (Å²) in [7, 11) is 4.82. The molecule has 0 fully saturated rings. The maximum Gasteiger partial charge on any atom is 0.250 e. The Morgan fingerprint density at radius 2 is 1.58 bits per heavy atom. The number of carbonyl (C=O) groups is 1. The van der Waals surface area contributed by atoms with Gasteiger partial charge in [0.1, 0.15) is 17.2 Å². The zero-order valence-corrected chi connectivity index (χ0v) is 20.9. The van der Waals surface area contributed by atoms with Gasteiger partial charge >= 0.3 is 0 Å². The lowest BCUT2D eigenvalue weighted by molar-refractivity contribution is -0.118. The Morgan fingerprint density at radius 3 is 2.25 bits per heavy atom. The number of benzene rings is 3. The van der Waals surface area contributed by atoms with Crippen LogP contribution in [0.25, 0.3) is 17.1 Å². The van der Waals surface area contributed by atoms with Gasteiger partial charge in [-0.25, -0.2) is 5.43 Å². The first-order valence-electron chi connectivity index (χ1n) is 10.9. The summed E-state index contributed by atoms with van der Waals surface area (Å²) in [6, 6.07) is 22.5. The molecular formula is C26H25N5O4S. The van der Waals surface area contributed by atoms with Crippen molar-refractivity contribution in [1.82, 2.24) is 20.2 Å². The number of hydrogen-bond donors (Lipinski definition) is 1. The Morgan fingerprint density at radius 1 is 0.917 bits per heavy atom. The molecule has 0 aliphatic heterocycles. The number of amides is 1. The van der Waals surface area contributed by atoms with E-state index in [9.17, 15) is 4.79 Å². The number of carbonyl (C=O) groups excluding carboxylic acids is 1. The zero-order chi connectivity index (χ0) is 25.3. The number of nitrogens with zero attached hydrogens (tertiary/aromatic N) is 4. The number of thioether (sulfide) groups is 1. The van der Waals surface area contributed by atoms with Crippen molar-refractivity contribution in [3.63, 3.8) is 0 Å². The van der Waals surface area contributed by atoms with Crippen LogP contribution in [0.15, 0.2) is 83.1 Å². The summed E-state index contributed by atoms with van der Waals surface area (Å²) in [5, 5.41) is 13.4. The van der Waals surface area contributed by atoms with Crippen LogP contribution in [0.3, 0.4) is 0 Å². The smallest absolute Gasteiger partial charge is 0.250 e. The van der Waals surface area contributed by atoms with Crippen molar-refractivity contribution >= 4 is 23.9 Å².